The highest BCUT2D eigenvalue weighted by Gasteiger charge is 2.28. The van der Waals surface area contributed by atoms with Gasteiger partial charge < -0.3 is 32.5 Å². The molecule has 0 aliphatic rings. The Morgan fingerprint density at radius 3 is 0.880 bits per heavy atom. The first-order chi connectivity index (χ1) is 66.6. The standard InChI is InChI=1S/C17H18FNO3S.C16H16FNO4S.C16H14FNO3.C16H16FNO.C10H11ClO.C9H9ClO2.C9H10N2.C9H11NO2.C8H8O/c1-11-4-6-13(7-5-11)17(12(2)20)14-8-9-16(15(18)10-14)19-23(3,21)22;1-10-3-5-11(6-4-10)15(16(19)20)12-7-8-14(13(17)9-12)18-23(2,21)22;1-10-3-5-12(6-4-10)16(11(2)19)13-7-8-15(18(20)21)14(17)9-13;1-10-3-5-12(6-4-10)16(11(2)19)13-7-8-15(18)14(17)9-13;1-7-3-5-9(6-4-7)10(11)8(2)12;1-6-2-4-7(5-3-6)8(10)9(11)12;1-7-2-4-8(5-3-7)9(11)6-10;1-6-2-4-7(5-3-6)8(10)9(11)12;1-7-2-4-8(6-9)5-3-7/h4-10,17,19H,1-3H3;3-9,15,18H,1-2H3,(H,19,20);3-9,16H,1-2H3;3-9,16H,18H2,1-2H3;3-6,10H,1-2H3;2-5,8H,1H3,(H,11,12);2-5,9H,11H2,1H3;2-5,8H,10H2,1H3,(H,11,12);2-6H,1H3/p+1. The van der Waals surface area contributed by atoms with Gasteiger partial charge in [-0.15, -0.1) is 23.2 Å². The summed E-state index contributed by atoms with van der Waals surface area (Å²) in [6.07, 6.45) is 2.71. The SMILES string of the molecule is CC(=O)C(Cl)c1ccc(C)cc1.CC(=O)C(c1ccc(C)cc1)c1ccc(N)c(F)c1.CC(=O)C(c1ccc(C)cc1)c1ccc(NS(C)(=O)=O)c(F)c1.CC(=O)C(c1ccc(C)cc1)c1ccc([N+](=O)[O-])c(F)c1.Cc1ccc(C(C(=O)O)c2ccc(NS(C)(=O)=O)c(F)c2)cc1.Cc1ccc(C(Cl)C(=O)O)cc1.Cc1ccc(C(N)C#N)cc1.Cc1ccc(C([NH3+])C(=O)O)cc1.Cc1ccc(C=O)cc1. The van der Waals surface area contributed by atoms with E-state index < -0.39 is 118 Å². The largest absolute Gasteiger partial charge is 0.481 e. The third-order valence-corrected chi connectivity index (χ3v) is 23.3. The number of aliphatic carboxylic acids is 3. The van der Waals surface area contributed by atoms with E-state index in [1.165, 1.54) is 86.8 Å². The number of halogens is 6. The maximum absolute atomic E-state index is 14.1. The van der Waals surface area contributed by atoms with E-state index in [1.807, 2.05) is 231 Å². The number of carbonyl (C=O) groups excluding carboxylic acids is 5. The molecule has 8 unspecified atom stereocenters. The first-order valence-electron chi connectivity index (χ1n) is 43.7. The number of nitriles is 1. The first kappa shape index (κ1) is 118. The number of nitrogens with two attached hydrogens (primary N) is 2. The van der Waals surface area contributed by atoms with E-state index in [0.717, 1.165) is 109 Å². The summed E-state index contributed by atoms with van der Waals surface area (Å²) in [7, 11) is -7.18. The molecule has 24 nitrogen and oxygen atoms in total. The molecule has 0 aliphatic carbocycles. The smallest absolute Gasteiger partial charge is 0.367 e. The molecule has 13 aromatic rings. The molecular weight excluding hydrogens is 1900 g/mol. The predicted molar refractivity (Wildman–Crippen MR) is 548 cm³/mol. The number of nitrogens with zero attached hydrogens (tertiary/aromatic N) is 2. The molecule has 0 saturated heterocycles. The Morgan fingerprint density at radius 1 is 0.373 bits per heavy atom. The van der Waals surface area contributed by atoms with E-state index in [4.69, 9.17) is 50.1 Å². The van der Waals surface area contributed by atoms with Gasteiger partial charge in [0.15, 0.2) is 11.2 Å². The second-order valence-corrected chi connectivity index (χ2v) is 37.7. The number of carbonyl (C=O) groups is 8. The Morgan fingerprint density at radius 2 is 0.627 bits per heavy atom. The number of hydrogen-bond donors (Lipinski definition) is 8. The molecule has 0 spiro atoms. The number of aldehydes is 1. The molecule has 0 saturated carbocycles. The number of rotatable bonds is 25. The number of alkyl halides is 2. The fourth-order valence-corrected chi connectivity index (χ4v) is 14.8. The van der Waals surface area contributed by atoms with Crippen molar-refractivity contribution in [2.45, 2.75) is 137 Å². The number of nitro benzene ring substituents is 1. The van der Waals surface area contributed by atoms with Gasteiger partial charge in [0.2, 0.25) is 31.9 Å². The molecule has 142 heavy (non-hydrogen) atoms. The summed E-state index contributed by atoms with van der Waals surface area (Å²) in [6, 6.07) is 83.3. The summed E-state index contributed by atoms with van der Waals surface area (Å²) in [6.45, 7) is 23.5. The van der Waals surface area contributed by atoms with Crippen LogP contribution in [0.4, 0.5) is 40.3 Å². The highest BCUT2D eigenvalue weighted by molar-refractivity contribution is 7.92. The van der Waals surface area contributed by atoms with Gasteiger partial charge in [0, 0.05) is 17.2 Å². The van der Waals surface area contributed by atoms with Crippen LogP contribution in [0.5, 0.6) is 0 Å². The number of nitro groups is 1. The van der Waals surface area contributed by atoms with Crippen molar-refractivity contribution < 1.29 is 98.7 Å². The van der Waals surface area contributed by atoms with E-state index in [9.17, 15) is 88.0 Å². The Balaban J connectivity index is 0.000000286. The van der Waals surface area contributed by atoms with Crippen LogP contribution in [0.3, 0.4) is 0 Å². The molecule has 13 rings (SSSR count). The molecule has 8 atom stereocenters. The zero-order valence-corrected chi connectivity index (χ0v) is 84.0. The molecule has 0 bridgehead atoms. The molecular formula is C110H114Cl2F4N7O17S2+. The van der Waals surface area contributed by atoms with Crippen molar-refractivity contribution in [3.63, 3.8) is 0 Å². The van der Waals surface area contributed by atoms with Crippen LogP contribution in [0.15, 0.2) is 291 Å². The van der Waals surface area contributed by atoms with Crippen molar-refractivity contribution in [2.75, 3.05) is 27.7 Å². The lowest BCUT2D eigenvalue weighted by molar-refractivity contribution is -0.413. The second kappa shape index (κ2) is 56.3. The topological polar surface area (TPSA) is 436 Å². The lowest BCUT2D eigenvalue weighted by atomic mass is 9.88. The Hall–Kier alpha value is -15.0. The third-order valence-electron chi connectivity index (χ3n) is 21.1. The number of benzene rings is 13. The van der Waals surface area contributed by atoms with E-state index in [2.05, 4.69) is 10.5 Å². The quantitative estimate of drug-likeness (QED) is 0.00658. The maximum atomic E-state index is 14.1. The summed E-state index contributed by atoms with van der Waals surface area (Å²) < 4.78 is 104. The molecule has 13 aromatic carbocycles. The van der Waals surface area contributed by atoms with Crippen molar-refractivity contribution in [2.24, 2.45) is 5.73 Å². The molecule has 0 aliphatic heterocycles. The van der Waals surface area contributed by atoms with Gasteiger partial charge >= 0.3 is 23.6 Å². The van der Waals surface area contributed by atoms with Crippen LogP contribution in [0.2, 0.25) is 0 Å². The molecule has 0 aromatic heterocycles. The molecule has 0 heterocycles. The minimum Gasteiger partial charge on any atom is -0.481 e. The summed E-state index contributed by atoms with van der Waals surface area (Å²) >= 11 is 11.4. The lowest BCUT2D eigenvalue weighted by Gasteiger charge is -2.16. The van der Waals surface area contributed by atoms with Crippen LogP contribution < -0.4 is 26.6 Å². The van der Waals surface area contributed by atoms with E-state index in [-0.39, 0.29) is 45.8 Å². The zero-order chi connectivity index (χ0) is 106. The van der Waals surface area contributed by atoms with Crippen molar-refractivity contribution in [1.82, 2.24) is 0 Å². The summed E-state index contributed by atoms with van der Waals surface area (Å²) in [5.41, 5.74) is 32.1. The Kier molecular flexibility index (Phi) is 46.6. The predicted octanol–water partition coefficient (Wildman–Crippen LogP) is 22.1. The molecule has 32 heteroatoms. The van der Waals surface area contributed by atoms with Crippen molar-refractivity contribution >= 4 is 113 Å². The lowest BCUT2D eigenvalue weighted by Crippen LogP contribution is -2.57. The number of carboxylic acid groups (broad SMARTS) is 3. The van der Waals surface area contributed by atoms with E-state index in [0.29, 0.717) is 27.8 Å². The van der Waals surface area contributed by atoms with E-state index >= 15 is 0 Å². The van der Waals surface area contributed by atoms with Crippen LogP contribution in [0.25, 0.3) is 0 Å². The molecule has 0 radical (unpaired) electrons. The number of aryl methyl sites for hydroxylation is 9. The highest BCUT2D eigenvalue weighted by Crippen LogP contribution is 2.35. The summed E-state index contributed by atoms with van der Waals surface area (Å²) in [5, 5.41) is 44.4. The molecule has 0 fully saturated rings. The van der Waals surface area contributed by atoms with Crippen molar-refractivity contribution in [3.8, 4) is 6.07 Å². The molecule has 744 valence electrons. The monoisotopic (exact) mass is 2010 g/mol. The highest BCUT2D eigenvalue weighted by atomic mass is 35.5. The van der Waals surface area contributed by atoms with Crippen molar-refractivity contribution in [1.29, 1.82) is 5.26 Å². The molecule has 12 N–H and O–H groups in total. The third kappa shape index (κ3) is 39.4. The average Bonchev–Trinajstić information content (AvgIpc) is 0.825. The normalized spacial score (nSPS) is 12.2. The Labute approximate surface area is 834 Å². The Bertz CT molecular complexity index is 6480. The van der Waals surface area contributed by atoms with Crippen LogP contribution in [-0.4, -0.2) is 96.9 Å². The van der Waals surface area contributed by atoms with Gasteiger partial charge in [-0.2, -0.15) is 9.65 Å². The maximum Gasteiger partial charge on any atom is 0.367 e. The number of ketones is 4. The molecule has 0 amide bonds. The van der Waals surface area contributed by atoms with Gasteiger partial charge in [-0.1, -0.05) is 293 Å². The zero-order valence-electron chi connectivity index (χ0n) is 80.8. The fraction of sp³-hybridized carbons (Fsp3) is 0.209. The van der Waals surface area contributed by atoms with Gasteiger partial charge in [0.05, 0.1) is 58.3 Å². The van der Waals surface area contributed by atoms with Gasteiger partial charge in [-0.25, -0.2) is 34.8 Å². The first-order valence-corrected chi connectivity index (χ1v) is 48.3. The van der Waals surface area contributed by atoms with Gasteiger partial charge in [0.1, 0.15) is 58.4 Å². The van der Waals surface area contributed by atoms with Crippen LogP contribution in [-0.2, 0) is 53.6 Å². The summed E-state index contributed by atoms with van der Waals surface area (Å²) in [4.78, 5) is 99.2. The van der Waals surface area contributed by atoms with E-state index in [1.54, 1.807) is 72.8 Å². The number of Topliss-reactive ketones (excluding diaryl/α,β-unsaturated/α-hetero) is 4. The van der Waals surface area contributed by atoms with Gasteiger partial charge in [-0.3, -0.25) is 53.1 Å². The number of quaternary nitrogens is 1. The van der Waals surface area contributed by atoms with Crippen LogP contribution >= 0.6 is 23.2 Å². The minimum atomic E-state index is -3.61. The van der Waals surface area contributed by atoms with Gasteiger partial charge in [-0.05, 0) is 194 Å². The number of hydrogen-bond acceptors (Lipinski definition) is 17. The van der Waals surface area contributed by atoms with Gasteiger partial charge in [0.25, 0.3) is 0 Å². The number of nitrogens with one attached hydrogen (secondary N) is 2. The van der Waals surface area contributed by atoms with Crippen LogP contribution in [0.1, 0.15) is 201 Å². The number of carboxylic acids is 3. The number of anilines is 3. The summed E-state index contributed by atoms with van der Waals surface area (Å²) in [5.74, 6) is -8.97. The van der Waals surface area contributed by atoms with Crippen molar-refractivity contribution in [3.05, 3.63) is 447 Å². The number of nitrogen functional groups attached to an aromatic ring is 1. The average molecular weight is 2020 g/mol. The number of sulfonamides is 2. The minimum absolute atomic E-state index is 0.0134. The fourth-order valence-electron chi connectivity index (χ4n) is 13.3. The second-order valence-electron chi connectivity index (χ2n) is 33.4. The van der Waals surface area contributed by atoms with Crippen LogP contribution in [0, 0.1) is 107 Å².